The zero-order valence-corrected chi connectivity index (χ0v) is 14.8. The molecule has 0 radical (unpaired) electrons. The topological polar surface area (TPSA) is 63.5 Å². The third-order valence-corrected chi connectivity index (χ3v) is 5.45. The lowest BCUT2D eigenvalue weighted by Crippen LogP contribution is -2.62. The minimum Gasteiger partial charge on any atom is -0.454 e. The highest BCUT2D eigenvalue weighted by Gasteiger charge is 2.53. The highest BCUT2D eigenvalue weighted by Crippen LogP contribution is 2.45. The highest BCUT2D eigenvalue weighted by atomic mass is 16.7. The second-order valence-corrected chi connectivity index (χ2v) is 6.91. The van der Waals surface area contributed by atoms with E-state index in [1.165, 1.54) is 0 Å². The first-order valence-corrected chi connectivity index (χ1v) is 8.91. The molecule has 0 bridgehead atoms. The first kappa shape index (κ1) is 16.9. The fourth-order valence-electron chi connectivity index (χ4n) is 3.81. The third kappa shape index (κ3) is 2.72. The van der Waals surface area contributed by atoms with E-state index in [0.717, 1.165) is 29.7 Å². The standard InChI is InChI=1S/C21H22N2O3/c1-20(17-8-9-18-19(12-17)25-15-24-18)21(14-22,10-5-11-26-20)23-13-16-6-3-2-4-7-16/h2-4,6-9,12,23H,5,10-11,13,15H2,1H3. The Morgan fingerprint density at radius 2 is 1.92 bits per heavy atom. The Balaban J connectivity index is 1.68. The molecular weight excluding hydrogens is 328 g/mol. The Morgan fingerprint density at radius 3 is 2.73 bits per heavy atom. The third-order valence-electron chi connectivity index (χ3n) is 5.45. The van der Waals surface area contributed by atoms with Gasteiger partial charge in [0.05, 0.1) is 6.07 Å². The summed E-state index contributed by atoms with van der Waals surface area (Å²) < 4.78 is 17.2. The van der Waals surface area contributed by atoms with Crippen LogP contribution >= 0.6 is 0 Å². The molecule has 0 spiro atoms. The molecule has 2 aromatic rings. The molecule has 2 aromatic carbocycles. The van der Waals surface area contributed by atoms with E-state index in [1.807, 2.05) is 43.3 Å². The second kappa shape index (κ2) is 6.64. The van der Waals surface area contributed by atoms with E-state index in [2.05, 4.69) is 23.5 Å². The summed E-state index contributed by atoms with van der Waals surface area (Å²) in [4.78, 5) is 0. The molecule has 26 heavy (non-hydrogen) atoms. The van der Waals surface area contributed by atoms with E-state index in [0.29, 0.717) is 18.9 Å². The Hall–Kier alpha value is -2.55. The minimum atomic E-state index is -0.825. The maximum Gasteiger partial charge on any atom is 0.231 e. The molecule has 5 nitrogen and oxygen atoms in total. The van der Waals surface area contributed by atoms with Gasteiger partial charge in [0, 0.05) is 13.2 Å². The predicted molar refractivity (Wildman–Crippen MR) is 96.7 cm³/mol. The van der Waals surface area contributed by atoms with Crippen molar-refractivity contribution in [1.82, 2.24) is 5.32 Å². The number of nitrogens with zero attached hydrogens (tertiary/aromatic N) is 1. The van der Waals surface area contributed by atoms with Gasteiger partial charge in [-0.15, -0.1) is 0 Å². The van der Waals surface area contributed by atoms with Crippen molar-refractivity contribution in [1.29, 1.82) is 5.26 Å². The lowest BCUT2D eigenvalue weighted by atomic mass is 9.72. The molecule has 0 aromatic heterocycles. The van der Waals surface area contributed by atoms with Gasteiger partial charge in [-0.3, -0.25) is 5.32 Å². The Labute approximate surface area is 153 Å². The number of nitrogens with one attached hydrogen (secondary N) is 1. The van der Waals surface area contributed by atoms with Gasteiger partial charge in [0.15, 0.2) is 11.5 Å². The second-order valence-electron chi connectivity index (χ2n) is 6.91. The number of fused-ring (bicyclic) bond motifs is 1. The maximum atomic E-state index is 10.2. The van der Waals surface area contributed by atoms with E-state index < -0.39 is 11.1 Å². The summed E-state index contributed by atoms with van der Waals surface area (Å²) >= 11 is 0. The van der Waals surface area contributed by atoms with Gasteiger partial charge in [-0.25, -0.2) is 0 Å². The molecule has 0 saturated carbocycles. The number of benzene rings is 2. The van der Waals surface area contributed by atoms with E-state index in [9.17, 15) is 5.26 Å². The summed E-state index contributed by atoms with van der Waals surface area (Å²) in [6.45, 7) is 3.45. The van der Waals surface area contributed by atoms with Crippen LogP contribution in [0.3, 0.4) is 0 Å². The van der Waals surface area contributed by atoms with Gasteiger partial charge in [-0.1, -0.05) is 36.4 Å². The normalized spacial score (nSPS) is 27.1. The van der Waals surface area contributed by atoms with E-state index in [-0.39, 0.29) is 6.79 Å². The van der Waals surface area contributed by atoms with Crippen molar-refractivity contribution in [2.24, 2.45) is 0 Å². The number of hydrogen-bond donors (Lipinski definition) is 1. The quantitative estimate of drug-likeness (QED) is 0.914. The molecule has 2 aliphatic heterocycles. The molecule has 2 atom stereocenters. The summed E-state index contributed by atoms with van der Waals surface area (Å²) in [5.74, 6) is 1.43. The minimum absolute atomic E-state index is 0.228. The Morgan fingerprint density at radius 1 is 1.12 bits per heavy atom. The fraction of sp³-hybridized carbons (Fsp3) is 0.381. The monoisotopic (exact) mass is 350 g/mol. The van der Waals surface area contributed by atoms with E-state index >= 15 is 0 Å². The van der Waals surface area contributed by atoms with Crippen molar-refractivity contribution >= 4 is 0 Å². The average Bonchev–Trinajstić information content (AvgIpc) is 3.16. The van der Waals surface area contributed by atoms with Crippen LogP contribution in [0.25, 0.3) is 0 Å². The lowest BCUT2D eigenvalue weighted by Gasteiger charge is -2.48. The number of ether oxygens (including phenoxy) is 3. The van der Waals surface area contributed by atoms with Crippen molar-refractivity contribution in [3.8, 4) is 17.6 Å². The number of hydrogen-bond acceptors (Lipinski definition) is 5. The molecule has 1 saturated heterocycles. The largest absolute Gasteiger partial charge is 0.454 e. The number of nitriles is 1. The van der Waals surface area contributed by atoms with Gasteiger partial charge in [0.25, 0.3) is 0 Å². The van der Waals surface area contributed by atoms with Crippen LogP contribution in [-0.4, -0.2) is 18.9 Å². The maximum absolute atomic E-state index is 10.2. The van der Waals surface area contributed by atoms with Crippen LogP contribution in [-0.2, 0) is 16.9 Å². The van der Waals surface area contributed by atoms with Crippen LogP contribution in [0.4, 0.5) is 0 Å². The van der Waals surface area contributed by atoms with Crippen molar-refractivity contribution in [3.05, 3.63) is 59.7 Å². The van der Waals surface area contributed by atoms with Gasteiger partial charge in [0.1, 0.15) is 11.1 Å². The lowest BCUT2D eigenvalue weighted by molar-refractivity contribution is -0.120. The predicted octanol–water partition coefficient (Wildman–Crippen LogP) is 3.49. The van der Waals surface area contributed by atoms with Crippen molar-refractivity contribution in [3.63, 3.8) is 0 Å². The highest BCUT2D eigenvalue weighted by molar-refractivity contribution is 5.48. The SMILES string of the molecule is CC1(c2ccc3c(c2)OCO3)OCCCC1(C#N)NCc1ccccc1. The molecule has 2 heterocycles. The van der Waals surface area contributed by atoms with Gasteiger partial charge < -0.3 is 14.2 Å². The van der Waals surface area contributed by atoms with Gasteiger partial charge in [-0.05, 0) is 43.0 Å². The summed E-state index contributed by atoms with van der Waals surface area (Å²) in [5.41, 5.74) is 0.453. The zero-order chi connectivity index (χ0) is 18.0. The summed E-state index contributed by atoms with van der Waals surface area (Å²) in [7, 11) is 0. The van der Waals surface area contributed by atoms with Gasteiger partial charge in [-0.2, -0.15) is 5.26 Å². The first-order chi connectivity index (χ1) is 12.7. The van der Waals surface area contributed by atoms with Crippen LogP contribution in [0, 0.1) is 11.3 Å². The van der Waals surface area contributed by atoms with Crippen LogP contribution < -0.4 is 14.8 Å². The van der Waals surface area contributed by atoms with Crippen molar-refractivity contribution < 1.29 is 14.2 Å². The fourth-order valence-corrected chi connectivity index (χ4v) is 3.81. The van der Waals surface area contributed by atoms with Gasteiger partial charge >= 0.3 is 0 Å². The molecular formula is C21H22N2O3. The molecule has 2 unspecified atom stereocenters. The summed E-state index contributed by atoms with van der Waals surface area (Å²) in [5, 5.41) is 13.7. The zero-order valence-electron chi connectivity index (χ0n) is 14.8. The average molecular weight is 350 g/mol. The summed E-state index contributed by atoms with van der Waals surface area (Å²) in [6.07, 6.45) is 1.57. The van der Waals surface area contributed by atoms with E-state index in [1.54, 1.807) is 0 Å². The van der Waals surface area contributed by atoms with E-state index in [4.69, 9.17) is 14.2 Å². The van der Waals surface area contributed by atoms with Crippen LogP contribution in [0.5, 0.6) is 11.5 Å². The molecule has 4 rings (SSSR count). The molecule has 1 N–H and O–H groups in total. The number of rotatable bonds is 4. The smallest absolute Gasteiger partial charge is 0.231 e. The van der Waals surface area contributed by atoms with Crippen LogP contribution in [0.2, 0.25) is 0 Å². The molecule has 0 amide bonds. The molecule has 134 valence electrons. The molecule has 2 aliphatic rings. The van der Waals surface area contributed by atoms with Crippen molar-refractivity contribution in [2.45, 2.75) is 37.5 Å². The Bertz CT molecular complexity index is 833. The molecule has 1 fully saturated rings. The van der Waals surface area contributed by atoms with Gasteiger partial charge in [0.2, 0.25) is 6.79 Å². The van der Waals surface area contributed by atoms with Crippen LogP contribution in [0.1, 0.15) is 30.9 Å². The van der Waals surface area contributed by atoms with Crippen LogP contribution in [0.15, 0.2) is 48.5 Å². The first-order valence-electron chi connectivity index (χ1n) is 8.91. The Kier molecular flexibility index (Phi) is 4.31. The molecule has 5 heteroatoms. The molecule has 0 aliphatic carbocycles. The van der Waals surface area contributed by atoms with Crippen molar-refractivity contribution in [2.75, 3.05) is 13.4 Å². The summed E-state index contributed by atoms with van der Waals surface area (Å²) in [6, 6.07) is 18.4.